The smallest absolute Gasteiger partial charge is 0.153 e. The van der Waals surface area contributed by atoms with Crippen LogP contribution in [-0.2, 0) is 9.84 Å². The van der Waals surface area contributed by atoms with Crippen LogP contribution in [0, 0.1) is 19.3 Å². The third kappa shape index (κ3) is 2.86. The van der Waals surface area contributed by atoms with E-state index in [0.29, 0.717) is 24.5 Å². The standard InChI is InChI=1S/C12H18N4O2S/c1-8-7-9(2)15-12(10(8)11(13)14)16-3-5-19(17,18)6-4-16/h7H,3-6H2,1-2H3,(H3,13,14). The SMILES string of the molecule is Cc1cc(C)c(C(=N)N)c(N2CCS(=O)(=O)CC2)n1. The number of nitrogens with one attached hydrogen (secondary N) is 1. The van der Waals surface area contributed by atoms with Gasteiger partial charge in [-0.1, -0.05) is 0 Å². The summed E-state index contributed by atoms with van der Waals surface area (Å²) in [6.07, 6.45) is 0. The number of rotatable bonds is 2. The molecule has 6 nitrogen and oxygen atoms in total. The van der Waals surface area contributed by atoms with Gasteiger partial charge in [-0.05, 0) is 25.5 Å². The van der Waals surface area contributed by atoms with Gasteiger partial charge in [0.25, 0.3) is 0 Å². The fraction of sp³-hybridized carbons (Fsp3) is 0.500. The number of pyridine rings is 1. The molecule has 3 N–H and O–H groups in total. The van der Waals surface area contributed by atoms with E-state index in [-0.39, 0.29) is 17.3 Å². The molecule has 2 rings (SSSR count). The molecule has 1 aromatic heterocycles. The highest BCUT2D eigenvalue weighted by Crippen LogP contribution is 2.23. The van der Waals surface area contributed by atoms with Gasteiger partial charge in [0.15, 0.2) is 9.84 Å². The topological polar surface area (TPSA) is 100 Å². The molecule has 1 aliphatic heterocycles. The maximum Gasteiger partial charge on any atom is 0.153 e. The zero-order chi connectivity index (χ0) is 14.2. The lowest BCUT2D eigenvalue weighted by molar-refractivity contribution is 0.586. The molecule has 2 heterocycles. The molecule has 0 spiro atoms. The second-order valence-corrected chi connectivity index (χ2v) is 7.14. The minimum absolute atomic E-state index is 0.0339. The number of nitrogen functional groups attached to an aromatic ring is 1. The van der Waals surface area contributed by atoms with Crippen molar-refractivity contribution in [3.8, 4) is 0 Å². The van der Waals surface area contributed by atoms with Gasteiger partial charge in [-0.3, -0.25) is 5.41 Å². The van der Waals surface area contributed by atoms with E-state index in [1.165, 1.54) is 0 Å². The number of amidine groups is 1. The molecule has 1 aromatic rings. The summed E-state index contributed by atoms with van der Waals surface area (Å²) in [5.74, 6) is 0.839. The Morgan fingerprint density at radius 1 is 1.37 bits per heavy atom. The zero-order valence-corrected chi connectivity index (χ0v) is 11.9. The molecule has 1 fully saturated rings. The Hall–Kier alpha value is -1.63. The molecule has 7 heteroatoms. The van der Waals surface area contributed by atoms with Crippen molar-refractivity contribution < 1.29 is 8.42 Å². The van der Waals surface area contributed by atoms with E-state index in [1.54, 1.807) is 0 Å². The number of nitrogens with two attached hydrogens (primary N) is 1. The highest BCUT2D eigenvalue weighted by atomic mass is 32.2. The zero-order valence-electron chi connectivity index (χ0n) is 11.1. The quantitative estimate of drug-likeness (QED) is 0.597. The van der Waals surface area contributed by atoms with Crippen LogP contribution >= 0.6 is 0 Å². The van der Waals surface area contributed by atoms with E-state index >= 15 is 0 Å². The van der Waals surface area contributed by atoms with Gasteiger partial charge in [0.1, 0.15) is 11.7 Å². The first-order valence-electron chi connectivity index (χ1n) is 6.08. The molecule has 0 amide bonds. The first-order valence-corrected chi connectivity index (χ1v) is 7.90. The fourth-order valence-electron chi connectivity index (χ4n) is 2.30. The third-order valence-electron chi connectivity index (χ3n) is 3.24. The molecule has 0 atom stereocenters. The van der Waals surface area contributed by atoms with Crippen molar-refractivity contribution in [1.82, 2.24) is 4.98 Å². The van der Waals surface area contributed by atoms with Gasteiger partial charge < -0.3 is 10.6 Å². The summed E-state index contributed by atoms with van der Waals surface area (Å²) in [5.41, 5.74) is 7.96. The Balaban J connectivity index is 2.42. The first-order chi connectivity index (χ1) is 8.80. The molecule has 0 unspecified atom stereocenters. The van der Waals surface area contributed by atoms with Crippen molar-refractivity contribution in [3.05, 3.63) is 22.9 Å². The maximum absolute atomic E-state index is 11.5. The van der Waals surface area contributed by atoms with Crippen molar-refractivity contribution in [2.45, 2.75) is 13.8 Å². The Morgan fingerprint density at radius 2 is 1.95 bits per heavy atom. The number of anilines is 1. The van der Waals surface area contributed by atoms with E-state index in [1.807, 2.05) is 24.8 Å². The molecular weight excluding hydrogens is 264 g/mol. The summed E-state index contributed by atoms with van der Waals surface area (Å²) in [5, 5.41) is 7.68. The molecule has 19 heavy (non-hydrogen) atoms. The summed E-state index contributed by atoms with van der Waals surface area (Å²) in [6.45, 7) is 4.56. The van der Waals surface area contributed by atoms with Gasteiger partial charge in [0, 0.05) is 18.8 Å². The van der Waals surface area contributed by atoms with Crippen molar-refractivity contribution in [2.24, 2.45) is 5.73 Å². The summed E-state index contributed by atoms with van der Waals surface area (Å²) in [7, 11) is -2.93. The van der Waals surface area contributed by atoms with Crippen LogP contribution in [-0.4, -0.2) is 43.8 Å². The summed E-state index contributed by atoms with van der Waals surface area (Å²) in [4.78, 5) is 6.34. The van der Waals surface area contributed by atoms with Crippen molar-refractivity contribution in [2.75, 3.05) is 29.5 Å². The normalized spacial score (nSPS) is 18.3. The van der Waals surface area contributed by atoms with Gasteiger partial charge in [-0.15, -0.1) is 0 Å². The fourth-order valence-corrected chi connectivity index (χ4v) is 3.50. The van der Waals surface area contributed by atoms with Crippen LogP contribution in [0.3, 0.4) is 0 Å². The van der Waals surface area contributed by atoms with Crippen molar-refractivity contribution in [3.63, 3.8) is 0 Å². The number of hydrogen-bond acceptors (Lipinski definition) is 5. The lowest BCUT2D eigenvalue weighted by Gasteiger charge is -2.30. The number of aryl methyl sites for hydroxylation is 2. The van der Waals surface area contributed by atoms with E-state index in [4.69, 9.17) is 11.1 Å². The molecule has 1 saturated heterocycles. The minimum atomic E-state index is -2.93. The van der Waals surface area contributed by atoms with Crippen LogP contribution < -0.4 is 10.6 Å². The molecule has 0 aliphatic carbocycles. The summed E-state index contributed by atoms with van der Waals surface area (Å²) < 4.78 is 22.9. The average molecular weight is 282 g/mol. The number of nitrogens with zero attached hydrogens (tertiary/aromatic N) is 2. The second-order valence-electron chi connectivity index (χ2n) is 4.83. The van der Waals surface area contributed by atoms with Gasteiger partial charge in [0.05, 0.1) is 17.1 Å². The largest absolute Gasteiger partial charge is 0.384 e. The second kappa shape index (κ2) is 4.80. The Morgan fingerprint density at radius 3 is 2.47 bits per heavy atom. The van der Waals surface area contributed by atoms with Gasteiger partial charge in [0.2, 0.25) is 0 Å². The number of sulfone groups is 1. The Bertz CT molecular complexity index is 611. The molecule has 0 bridgehead atoms. The molecule has 0 radical (unpaired) electrons. The predicted molar refractivity (Wildman–Crippen MR) is 75.6 cm³/mol. The summed E-state index contributed by atoms with van der Waals surface area (Å²) >= 11 is 0. The monoisotopic (exact) mass is 282 g/mol. The first kappa shape index (κ1) is 13.8. The maximum atomic E-state index is 11.5. The number of aromatic nitrogens is 1. The van der Waals surface area contributed by atoms with Crippen LogP contribution in [0.15, 0.2) is 6.07 Å². The van der Waals surface area contributed by atoms with E-state index in [0.717, 1.165) is 11.3 Å². The van der Waals surface area contributed by atoms with E-state index < -0.39 is 9.84 Å². The predicted octanol–water partition coefficient (Wildman–Crippen LogP) is 0.217. The van der Waals surface area contributed by atoms with E-state index in [9.17, 15) is 8.42 Å². The van der Waals surface area contributed by atoms with Crippen molar-refractivity contribution in [1.29, 1.82) is 5.41 Å². The highest BCUT2D eigenvalue weighted by Gasteiger charge is 2.25. The lowest BCUT2D eigenvalue weighted by Crippen LogP contribution is -2.42. The van der Waals surface area contributed by atoms with Crippen LogP contribution in [0.4, 0.5) is 5.82 Å². The van der Waals surface area contributed by atoms with Crippen molar-refractivity contribution >= 4 is 21.5 Å². The molecular formula is C12H18N4O2S. The third-order valence-corrected chi connectivity index (χ3v) is 4.85. The van der Waals surface area contributed by atoms with E-state index in [2.05, 4.69) is 4.98 Å². The highest BCUT2D eigenvalue weighted by molar-refractivity contribution is 7.91. The molecule has 1 aliphatic rings. The van der Waals surface area contributed by atoms with Crippen LogP contribution in [0.1, 0.15) is 16.8 Å². The minimum Gasteiger partial charge on any atom is -0.384 e. The van der Waals surface area contributed by atoms with Gasteiger partial charge in [-0.2, -0.15) is 0 Å². The average Bonchev–Trinajstić information content (AvgIpc) is 2.26. The molecule has 0 aromatic carbocycles. The molecule has 104 valence electrons. The summed E-state index contributed by atoms with van der Waals surface area (Å²) in [6, 6.07) is 1.88. The van der Waals surface area contributed by atoms with Crippen LogP contribution in [0.2, 0.25) is 0 Å². The van der Waals surface area contributed by atoms with Gasteiger partial charge >= 0.3 is 0 Å². The Labute approximate surface area is 113 Å². The van der Waals surface area contributed by atoms with Crippen LogP contribution in [0.25, 0.3) is 0 Å². The molecule has 0 saturated carbocycles. The van der Waals surface area contributed by atoms with Gasteiger partial charge in [-0.25, -0.2) is 13.4 Å². The lowest BCUT2D eigenvalue weighted by atomic mass is 10.1. The Kier molecular flexibility index (Phi) is 3.49. The number of hydrogen-bond donors (Lipinski definition) is 2. The van der Waals surface area contributed by atoms with Crippen LogP contribution in [0.5, 0.6) is 0 Å².